The molecule has 2 amide bonds. The Labute approximate surface area is 213 Å². The molecule has 3 aromatic rings. The molecule has 0 atom stereocenters. The first-order valence-corrected chi connectivity index (χ1v) is 11.4. The molecule has 0 saturated carbocycles. The Bertz CT molecular complexity index is 1380. The molecular formula is C28H25N3O6. The lowest BCUT2D eigenvalue weighted by molar-refractivity contribution is -0.123. The normalized spacial score (nSPS) is 13.9. The van der Waals surface area contributed by atoms with Crippen LogP contribution in [0.15, 0.2) is 83.5 Å². The van der Waals surface area contributed by atoms with Crippen molar-refractivity contribution in [3.63, 3.8) is 0 Å². The van der Waals surface area contributed by atoms with E-state index in [1.807, 2.05) is 30.3 Å². The molecule has 188 valence electrons. The first-order valence-electron chi connectivity index (χ1n) is 11.4. The number of amides is 2. The highest BCUT2D eigenvalue weighted by molar-refractivity contribution is 6.32. The molecule has 9 nitrogen and oxygen atoms in total. The van der Waals surface area contributed by atoms with Gasteiger partial charge in [-0.05, 0) is 60.5 Å². The monoisotopic (exact) mass is 499 g/mol. The lowest BCUT2D eigenvalue weighted by atomic mass is 10.1. The van der Waals surface area contributed by atoms with Crippen molar-refractivity contribution in [1.29, 1.82) is 0 Å². The van der Waals surface area contributed by atoms with Crippen molar-refractivity contribution in [2.45, 2.75) is 13.5 Å². The Kier molecular flexibility index (Phi) is 7.63. The minimum absolute atomic E-state index is 0.120. The number of carbonyl (C=O) groups is 3. The summed E-state index contributed by atoms with van der Waals surface area (Å²) in [5, 5.41) is 17.4. The number of nitrogens with one attached hydrogen (secondary N) is 1. The van der Waals surface area contributed by atoms with Crippen LogP contribution in [0.1, 0.15) is 28.4 Å². The van der Waals surface area contributed by atoms with E-state index in [2.05, 4.69) is 10.4 Å². The second-order valence-electron chi connectivity index (χ2n) is 8.17. The second-order valence-corrected chi connectivity index (χ2v) is 8.17. The van der Waals surface area contributed by atoms with Gasteiger partial charge in [0.1, 0.15) is 0 Å². The smallest absolute Gasteiger partial charge is 0.335 e. The van der Waals surface area contributed by atoms with Gasteiger partial charge in [0, 0.05) is 6.54 Å². The Morgan fingerprint density at radius 3 is 2.43 bits per heavy atom. The van der Waals surface area contributed by atoms with E-state index in [0.29, 0.717) is 40.6 Å². The van der Waals surface area contributed by atoms with Crippen LogP contribution in [0.3, 0.4) is 0 Å². The van der Waals surface area contributed by atoms with E-state index in [0.717, 1.165) is 5.56 Å². The molecule has 0 aromatic heterocycles. The fraction of sp³-hybridized carbons (Fsp3) is 0.143. The number of rotatable bonds is 9. The Morgan fingerprint density at radius 1 is 1.03 bits per heavy atom. The maximum Gasteiger partial charge on any atom is 0.335 e. The fourth-order valence-electron chi connectivity index (χ4n) is 3.66. The summed E-state index contributed by atoms with van der Waals surface area (Å²) in [6, 6.07) is 20.6. The van der Waals surface area contributed by atoms with Crippen LogP contribution in [0.2, 0.25) is 0 Å². The minimum atomic E-state index is -1.05. The van der Waals surface area contributed by atoms with Gasteiger partial charge in [0.25, 0.3) is 11.8 Å². The quantitative estimate of drug-likeness (QED) is 0.432. The molecule has 0 unspecified atom stereocenters. The van der Waals surface area contributed by atoms with Gasteiger partial charge in [-0.1, -0.05) is 36.4 Å². The van der Waals surface area contributed by atoms with Gasteiger partial charge in [0.05, 0.1) is 29.6 Å². The number of ether oxygens (including phenoxy) is 2. The molecule has 0 fully saturated rings. The number of aromatic carboxylic acids is 1. The highest BCUT2D eigenvalue weighted by Gasteiger charge is 2.29. The van der Waals surface area contributed by atoms with Crippen molar-refractivity contribution >= 4 is 35.3 Å². The molecule has 2 N–H and O–H groups in total. The number of hydrogen-bond acceptors (Lipinski definition) is 6. The average molecular weight is 500 g/mol. The van der Waals surface area contributed by atoms with Crippen molar-refractivity contribution in [2.24, 2.45) is 5.10 Å². The summed E-state index contributed by atoms with van der Waals surface area (Å²) in [6.07, 6.45) is 1.69. The van der Waals surface area contributed by atoms with E-state index in [1.54, 1.807) is 31.2 Å². The third-order valence-electron chi connectivity index (χ3n) is 5.61. The molecular weight excluding hydrogens is 474 g/mol. The predicted molar refractivity (Wildman–Crippen MR) is 139 cm³/mol. The Balaban J connectivity index is 1.42. The van der Waals surface area contributed by atoms with E-state index < -0.39 is 5.97 Å². The van der Waals surface area contributed by atoms with Gasteiger partial charge in [0.2, 0.25) is 0 Å². The van der Waals surface area contributed by atoms with Crippen LogP contribution in [-0.4, -0.2) is 42.3 Å². The average Bonchev–Trinajstić information content (AvgIpc) is 3.20. The van der Waals surface area contributed by atoms with Crippen LogP contribution in [0.25, 0.3) is 6.08 Å². The summed E-state index contributed by atoms with van der Waals surface area (Å²) in [6.45, 7) is 1.95. The number of nitrogens with zero attached hydrogens (tertiary/aromatic N) is 2. The molecule has 9 heteroatoms. The Hall–Kier alpha value is -4.92. The zero-order chi connectivity index (χ0) is 26.4. The van der Waals surface area contributed by atoms with Crippen LogP contribution in [0, 0.1) is 0 Å². The highest BCUT2D eigenvalue weighted by atomic mass is 16.5. The first kappa shape index (κ1) is 25.2. The Morgan fingerprint density at radius 2 is 1.76 bits per heavy atom. The van der Waals surface area contributed by atoms with Gasteiger partial charge in [-0.3, -0.25) is 9.59 Å². The standard InChI is InChI=1S/C28H25N3O6/c1-18-23(27(33)31(30-18)22-11-9-21(10-12-22)28(34)35)14-20-8-13-24(25(15-20)36-2)37-17-26(32)29-16-19-6-4-3-5-7-19/h3-15H,16-17H2,1-2H3,(H,29,32)(H,34,35). The van der Waals surface area contributed by atoms with Crippen LogP contribution < -0.4 is 19.8 Å². The highest BCUT2D eigenvalue weighted by Crippen LogP contribution is 2.30. The zero-order valence-electron chi connectivity index (χ0n) is 20.3. The molecule has 0 radical (unpaired) electrons. The number of hydrazone groups is 1. The number of anilines is 1. The molecule has 0 aliphatic carbocycles. The maximum absolute atomic E-state index is 13.0. The van der Waals surface area contributed by atoms with Crippen LogP contribution >= 0.6 is 0 Å². The number of carboxylic acid groups (broad SMARTS) is 1. The summed E-state index contributed by atoms with van der Waals surface area (Å²) in [5.74, 6) is -0.852. The molecule has 1 aliphatic rings. The van der Waals surface area contributed by atoms with Crippen molar-refractivity contribution in [3.05, 3.63) is 95.1 Å². The van der Waals surface area contributed by atoms with Crippen molar-refractivity contribution in [2.75, 3.05) is 18.7 Å². The van der Waals surface area contributed by atoms with Crippen molar-refractivity contribution in [1.82, 2.24) is 5.32 Å². The van der Waals surface area contributed by atoms with Gasteiger partial charge in [-0.15, -0.1) is 0 Å². The van der Waals surface area contributed by atoms with E-state index in [1.165, 1.54) is 36.4 Å². The molecule has 37 heavy (non-hydrogen) atoms. The number of carboxylic acids is 1. The lowest BCUT2D eigenvalue weighted by Crippen LogP contribution is -2.28. The third-order valence-corrected chi connectivity index (χ3v) is 5.61. The summed E-state index contributed by atoms with van der Waals surface area (Å²) in [5.41, 5.74) is 3.15. The number of carbonyl (C=O) groups excluding carboxylic acids is 2. The third kappa shape index (κ3) is 6.02. The molecule has 3 aromatic carbocycles. The van der Waals surface area contributed by atoms with Crippen molar-refractivity contribution < 1.29 is 29.0 Å². The molecule has 0 spiro atoms. The molecule has 0 bridgehead atoms. The van der Waals surface area contributed by atoms with Gasteiger partial charge < -0.3 is 19.9 Å². The van der Waals surface area contributed by atoms with E-state index in [-0.39, 0.29) is 24.0 Å². The number of methoxy groups -OCH3 is 1. The molecule has 4 rings (SSSR count). The molecule has 1 heterocycles. The van der Waals surface area contributed by atoms with Gasteiger partial charge in [0.15, 0.2) is 18.1 Å². The van der Waals surface area contributed by atoms with Gasteiger partial charge >= 0.3 is 5.97 Å². The molecule has 0 saturated heterocycles. The molecule has 1 aliphatic heterocycles. The minimum Gasteiger partial charge on any atom is -0.493 e. The summed E-state index contributed by atoms with van der Waals surface area (Å²) >= 11 is 0. The van der Waals surface area contributed by atoms with E-state index in [9.17, 15) is 14.4 Å². The topological polar surface area (TPSA) is 118 Å². The van der Waals surface area contributed by atoms with Crippen LogP contribution in [-0.2, 0) is 16.1 Å². The number of benzene rings is 3. The second kappa shape index (κ2) is 11.2. The van der Waals surface area contributed by atoms with Gasteiger partial charge in [-0.25, -0.2) is 4.79 Å². The fourth-order valence-corrected chi connectivity index (χ4v) is 3.66. The first-order chi connectivity index (χ1) is 17.9. The maximum atomic E-state index is 13.0. The van der Waals surface area contributed by atoms with E-state index in [4.69, 9.17) is 14.6 Å². The number of hydrogen-bond donors (Lipinski definition) is 2. The van der Waals surface area contributed by atoms with Gasteiger partial charge in [-0.2, -0.15) is 10.1 Å². The van der Waals surface area contributed by atoms with Crippen molar-refractivity contribution in [3.8, 4) is 11.5 Å². The zero-order valence-corrected chi connectivity index (χ0v) is 20.3. The largest absolute Gasteiger partial charge is 0.493 e. The predicted octanol–water partition coefficient (Wildman–Crippen LogP) is 3.89. The summed E-state index contributed by atoms with van der Waals surface area (Å²) < 4.78 is 11.1. The lowest BCUT2D eigenvalue weighted by Gasteiger charge is -2.12. The van der Waals surface area contributed by atoms with Crippen LogP contribution in [0.5, 0.6) is 11.5 Å². The van der Waals surface area contributed by atoms with Crippen LogP contribution in [0.4, 0.5) is 5.69 Å². The summed E-state index contributed by atoms with van der Waals surface area (Å²) in [4.78, 5) is 36.3. The van der Waals surface area contributed by atoms with E-state index >= 15 is 0 Å². The SMILES string of the molecule is COc1cc(C=C2C(=O)N(c3ccc(C(=O)O)cc3)N=C2C)ccc1OCC(=O)NCc1ccccc1. The summed E-state index contributed by atoms with van der Waals surface area (Å²) in [7, 11) is 1.49.